The van der Waals surface area contributed by atoms with Crippen molar-refractivity contribution in [1.29, 1.82) is 0 Å². The predicted octanol–water partition coefficient (Wildman–Crippen LogP) is 3.57. The summed E-state index contributed by atoms with van der Waals surface area (Å²) in [6.45, 7) is 7.31. The van der Waals surface area contributed by atoms with Crippen LogP contribution < -0.4 is 10.6 Å². The number of hydrogen-bond acceptors (Lipinski definition) is 3. The third-order valence-corrected chi connectivity index (χ3v) is 5.93. The number of amides is 1. The van der Waals surface area contributed by atoms with Crippen LogP contribution in [-0.2, 0) is 30.7 Å². The van der Waals surface area contributed by atoms with Crippen LogP contribution in [0.25, 0.3) is 0 Å². The fourth-order valence-electron chi connectivity index (χ4n) is 3.18. The Labute approximate surface area is 188 Å². The molecule has 1 aromatic heterocycles. The number of hydrogen-bond donors (Lipinski definition) is 2. The van der Waals surface area contributed by atoms with E-state index in [0.29, 0.717) is 12.5 Å². The van der Waals surface area contributed by atoms with E-state index in [1.807, 2.05) is 29.2 Å². The molecule has 2 N–H and O–H groups in total. The molecule has 0 saturated carbocycles. The van der Waals surface area contributed by atoms with Gasteiger partial charge in [0, 0.05) is 29.4 Å². The Hall–Kier alpha value is -1.61. The maximum absolute atomic E-state index is 12.6. The van der Waals surface area contributed by atoms with E-state index in [0.717, 1.165) is 32.5 Å². The zero-order valence-corrected chi connectivity index (χ0v) is 19.7. The summed E-state index contributed by atoms with van der Waals surface area (Å²) in [6.07, 6.45) is 1.98. The Morgan fingerprint density at radius 1 is 1.11 bits per heavy atom. The van der Waals surface area contributed by atoms with Crippen LogP contribution in [-0.4, -0.2) is 36.4 Å². The molecule has 0 radical (unpaired) electrons. The van der Waals surface area contributed by atoms with Gasteiger partial charge in [0.1, 0.15) is 6.54 Å². The van der Waals surface area contributed by atoms with E-state index in [1.165, 1.54) is 20.9 Å². The van der Waals surface area contributed by atoms with Crippen LogP contribution in [0.15, 0.2) is 41.4 Å². The molecule has 0 saturated heterocycles. The summed E-state index contributed by atoms with van der Waals surface area (Å²) in [4.78, 5) is 21.7. The molecular weight excluding hydrogens is 483 g/mol. The lowest BCUT2D eigenvalue weighted by Crippen LogP contribution is -2.40. The molecule has 3 rings (SSSR count). The number of rotatable bonds is 6. The predicted molar refractivity (Wildman–Crippen MR) is 127 cm³/mol. The Morgan fingerprint density at radius 3 is 2.57 bits per heavy atom. The summed E-state index contributed by atoms with van der Waals surface area (Å²) < 4.78 is 0. The van der Waals surface area contributed by atoms with Crippen molar-refractivity contribution in [3.63, 3.8) is 0 Å². The highest BCUT2D eigenvalue weighted by Crippen LogP contribution is 2.18. The third-order valence-electron chi connectivity index (χ3n) is 4.70. The van der Waals surface area contributed by atoms with Crippen LogP contribution in [0.1, 0.15) is 34.7 Å². The van der Waals surface area contributed by atoms with Crippen molar-refractivity contribution in [2.45, 2.75) is 39.8 Å². The largest absolute Gasteiger partial charge is 0.357 e. The number of fused-ring (bicyclic) bond motifs is 1. The third kappa shape index (κ3) is 6.20. The van der Waals surface area contributed by atoms with Crippen molar-refractivity contribution in [2.24, 2.45) is 4.99 Å². The minimum atomic E-state index is 0. The second-order valence-corrected chi connectivity index (χ2v) is 7.86. The molecule has 152 valence electrons. The molecule has 2 aromatic rings. The summed E-state index contributed by atoms with van der Waals surface area (Å²) in [5, 5.41) is 6.55. The molecule has 1 aliphatic rings. The lowest BCUT2D eigenvalue weighted by molar-refractivity contribution is -0.130. The minimum Gasteiger partial charge on any atom is -0.357 e. The molecule has 0 unspecified atom stereocenters. The number of thiophene rings is 1. The summed E-state index contributed by atoms with van der Waals surface area (Å²) in [7, 11) is 0. The lowest BCUT2D eigenvalue weighted by atomic mass is 10.00. The van der Waals surface area contributed by atoms with E-state index in [9.17, 15) is 4.79 Å². The summed E-state index contributed by atoms with van der Waals surface area (Å²) in [5.41, 5.74) is 2.60. The molecular formula is C21H29IN4OS. The molecule has 0 atom stereocenters. The van der Waals surface area contributed by atoms with Crippen molar-refractivity contribution in [3.05, 3.63) is 57.3 Å². The average molecular weight is 512 g/mol. The van der Waals surface area contributed by atoms with Crippen LogP contribution in [0, 0.1) is 0 Å². The summed E-state index contributed by atoms with van der Waals surface area (Å²) in [5.74, 6) is 0.765. The van der Waals surface area contributed by atoms with Gasteiger partial charge in [-0.2, -0.15) is 0 Å². The van der Waals surface area contributed by atoms with Gasteiger partial charge < -0.3 is 15.5 Å². The number of halogens is 1. The summed E-state index contributed by atoms with van der Waals surface area (Å²) in [6, 6.07) is 12.7. The standard InChI is InChI=1S/C21H28N4OS.HI/c1-3-18-9-10-19(27-18)13-23-21(22-4-2)24-14-20(26)25-12-11-16-7-5-6-8-17(16)15-25;/h5-10H,3-4,11-15H2,1-2H3,(H2,22,23,24);1H. The number of carbonyl (C=O) groups is 1. The Kier molecular flexibility index (Phi) is 9.24. The molecule has 0 spiro atoms. The molecule has 0 fully saturated rings. The van der Waals surface area contributed by atoms with E-state index in [4.69, 9.17) is 0 Å². The molecule has 1 aromatic carbocycles. The molecule has 1 amide bonds. The highest BCUT2D eigenvalue weighted by Gasteiger charge is 2.19. The number of nitrogens with one attached hydrogen (secondary N) is 2. The second kappa shape index (κ2) is 11.4. The Bertz CT molecular complexity index is 805. The van der Waals surface area contributed by atoms with Gasteiger partial charge in [0.15, 0.2) is 5.96 Å². The fraction of sp³-hybridized carbons (Fsp3) is 0.429. The zero-order valence-electron chi connectivity index (χ0n) is 16.5. The number of nitrogens with zero attached hydrogens (tertiary/aromatic N) is 2. The van der Waals surface area contributed by atoms with Gasteiger partial charge in [-0.1, -0.05) is 31.2 Å². The van der Waals surface area contributed by atoms with Crippen LogP contribution in [0.3, 0.4) is 0 Å². The molecule has 1 aliphatic heterocycles. The number of aliphatic imine (C=N–C) groups is 1. The van der Waals surface area contributed by atoms with Crippen LogP contribution in [0.4, 0.5) is 0 Å². The van der Waals surface area contributed by atoms with Crippen LogP contribution in [0.5, 0.6) is 0 Å². The van der Waals surface area contributed by atoms with Gasteiger partial charge >= 0.3 is 0 Å². The quantitative estimate of drug-likeness (QED) is 0.354. The Balaban J connectivity index is 0.00000280. The maximum atomic E-state index is 12.6. The first-order valence-corrected chi connectivity index (χ1v) is 10.5. The van der Waals surface area contributed by atoms with Gasteiger partial charge in [0.2, 0.25) is 5.91 Å². The van der Waals surface area contributed by atoms with Crippen molar-refractivity contribution in [3.8, 4) is 0 Å². The minimum absolute atomic E-state index is 0. The van der Waals surface area contributed by atoms with Gasteiger partial charge in [-0.3, -0.25) is 4.79 Å². The zero-order chi connectivity index (χ0) is 19.1. The second-order valence-electron chi connectivity index (χ2n) is 6.60. The van der Waals surface area contributed by atoms with E-state index < -0.39 is 0 Å². The van der Waals surface area contributed by atoms with Crippen molar-refractivity contribution < 1.29 is 4.79 Å². The normalized spacial score (nSPS) is 13.5. The molecule has 0 bridgehead atoms. The first kappa shape index (κ1) is 22.7. The smallest absolute Gasteiger partial charge is 0.244 e. The Morgan fingerprint density at radius 2 is 1.86 bits per heavy atom. The average Bonchev–Trinajstić information content (AvgIpc) is 3.17. The summed E-state index contributed by atoms with van der Waals surface area (Å²) >= 11 is 1.81. The maximum Gasteiger partial charge on any atom is 0.244 e. The molecule has 7 heteroatoms. The van der Waals surface area contributed by atoms with Gasteiger partial charge in [-0.15, -0.1) is 35.3 Å². The highest BCUT2D eigenvalue weighted by molar-refractivity contribution is 14.0. The van der Waals surface area contributed by atoms with Gasteiger partial charge in [0.25, 0.3) is 0 Å². The van der Waals surface area contributed by atoms with Crippen molar-refractivity contribution >= 4 is 47.2 Å². The molecule has 28 heavy (non-hydrogen) atoms. The van der Waals surface area contributed by atoms with Crippen LogP contribution >= 0.6 is 35.3 Å². The first-order chi connectivity index (χ1) is 13.2. The van der Waals surface area contributed by atoms with E-state index in [-0.39, 0.29) is 36.4 Å². The number of guanidine groups is 1. The van der Waals surface area contributed by atoms with Gasteiger partial charge in [0.05, 0.1) is 6.54 Å². The molecule has 0 aliphatic carbocycles. The lowest BCUT2D eigenvalue weighted by Gasteiger charge is -2.28. The number of carbonyl (C=O) groups excluding carboxylic acids is 1. The first-order valence-electron chi connectivity index (χ1n) is 9.64. The van der Waals surface area contributed by atoms with E-state index in [1.54, 1.807) is 0 Å². The monoisotopic (exact) mass is 512 g/mol. The van der Waals surface area contributed by atoms with Crippen LogP contribution in [0.2, 0.25) is 0 Å². The topological polar surface area (TPSA) is 56.7 Å². The molecule has 5 nitrogen and oxygen atoms in total. The van der Waals surface area contributed by atoms with Crippen molar-refractivity contribution in [1.82, 2.24) is 15.5 Å². The van der Waals surface area contributed by atoms with E-state index >= 15 is 0 Å². The number of benzene rings is 1. The highest BCUT2D eigenvalue weighted by atomic mass is 127. The van der Waals surface area contributed by atoms with Gasteiger partial charge in [-0.05, 0) is 43.0 Å². The fourth-order valence-corrected chi connectivity index (χ4v) is 4.07. The van der Waals surface area contributed by atoms with Gasteiger partial charge in [-0.25, -0.2) is 4.99 Å². The van der Waals surface area contributed by atoms with Crippen molar-refractivity contribution in [2.75, 3.05) is 19.6 Å². The molecule has 2 heterocycles. The van der Waals surface area contributed by atoms with E-state index in [2.05, 4.69) is 52.9 Å². The SMILES string of the molecule is CCNC(=NCC(=O)N1CCc2ccccc2C1)NCc1ccc(CC)s1.I. The number of aryl methyl sites for hydroxylation is 1.